The fourth-order valence-electron chi connectivity index (χ4n) is 7.93. The van der Waals surface area contributed by atoms with E-state index in [9.17, 15) is 14.0 Å². The van der Waals surface area contributed by atoms with Gasteiger partial charge in [-0.3, -0.25) is 9.59 Å². The van der Waals surface area contributed by atoms with Crippen LogP contribution in [0.2, 0.25) is 0 Å². The van der Waals surface area contributed by atoms with E-state index in [0.29, 0.717) is 52.0 Å². The zero-order valence-electron chi connectivity index (χ0n) is 25.7. The molecule has 0 radical (unpaired) electrons. The molecule has 0 spiro atoms. The number of hydrogen-bond acceptors (Lipinski definition) is 6. The Morgan fingerprint density at radius 2 is 1.96 bits per heavy atom. The SMILES string of the molecule is COc1cc(C(=O)N2C[C@H]3CC[C@@H]2[C@@H]3N)cc2nc(-c3cc4ccc(-c5cc(F)c6c(c5)CC(=O)N6)nc4n3CC3CC3)n(C)c12. The van der Waals surface area contributed by atoms with Crippen molar-refractivity contribution in [3.63, 3.8) is 0 Å². The molecular weight excluding hydrogens is 585 g/mol. The molecule has 10 nitrogen and oxygen atoms in total. The minimum Gasteiger partial charge on any atom is -0.494 e. The van der Waals surface area contributed by atoms with E-state index in [1.54, 1.807) is 7.11 Å². The van der Waals surface area contributed by atoms with Gasteiger partial charge in [0, 0.05) is 48.7 Å². The second kappa shape index (κ2) is 9.86. The summed E-state index contributed by atoms with van der Waals surface area (Å²) in [7, 11) is 3.58. The van der Waals surface area contributed by atoms with E-state index in [0.717, 1.165) is 60.3 Å². The number of aryl methyl sites for hydroxylation is 1. The van der Waals surface area contributed by atoms with Crippen molar-refractivity contribution in [1.82, 2.24) is 24.0 Å². The molecule has 4 aliphatic rings. The minimum absolute atomic E-state index is 0.0298. The van der Waals surface area contributed by atoms with Crippen molar-refractivity contribution in [2.75, 3.05) is 19.0 Å². The van der Waals surface area contributed by atoms with E-state index in [2.05, 4.69) is 16.0 Å². The Hall–Kier alpha value is -4.77. The molecule has 2 aromatic carbocycles. The second-order valence-electron chi connectivity index (χ2n) is 13.4. The topological polar surface area (TPSA) is 120 Å². The zero-order valence-corrected chi connectivity index (χ0v) is 25.7. The van der Waals surface area contributed by atoms with Crippen molar-refractivity contribution >= 4 is 39.6 Å². The predicted octanol–water partition coefficient (Wildman–Crippen LogP) is 4.87. The molecule has 46 heavy (non-hydrogen) atoms. The van der Waals surface area contributed by atoms with Gasteiger partial charge < -0.3 is 29.8 Å². The maximum absolute atomic E-state index is 14.9. The number of rotatable bonds is 6. The smallest absolute Gasteiger partial charge is 0.254 e. The molecule has 11 heteroatoms. The lowest BCUT2D eigenvalue weighted by Crippen LogP contribution is -2.41. The quantitative estimate of drug-likeness (QED) is 0.280. The Morgan fingerprint density at radius 1 is 1.11 bits per heavy atom. The molecule has 1 saturated heterocycles. The molecule has 2 aliphatic heterocycles. The number of likely N-dealkylation sites (tertiary alicyclic amines) is 1. The number of amides is 2. The van der Waals surface area contributed by atoms with Crippen LogP contribution in [-0.2, 0) is 24.8 Å². The normalized spacial score (nSPS) is 21.9. The van der Waals surface area contributed by atoms with Gasteiger partial charge in [0.05, 0.1) is 36.1 Å². The highest BCUT2D eigenvalue weighted by atomic mass is 19.1. The van der Waals surface area contributed by atoms with Gasteiger partial charge in [-0.1, -0.05) is 0 Å². The number of pyridine rings is 1. The third-order valence-electron chi connectivity index (χ3n) is 10.5. The molecule has 2 amide bonds. The van der Waals surface area contributed by atoms with Gasteiger partial charge in [0.2, 0.25) is 5.91 Å². The first-order valence-corrected chi connectivity index (χ1v) is 16.0. The number of piperidine rings is 1. The summed E-state index contributed by atoms with van der Waals surface area (Å²) < 4.78 is 25.0. The standard InChI is InChI=1S/C35H34FN7O3/c1-41-32-25(11-22(13-28(32)46-2)35(45)43-16-19-6-8-26(43)30(19)37)39-34(41)27-12-18-5-7-24(38-33(18)42(27)15-17-3-4-17)20-9-21-14-29(44)40-31(21)23(36)10-20/h5,7,9-13,17,19,26,30H,3-4,6,8,14-16,37H2,1-2H3,(H,40,44)/t19-,26-,30-/m1/s1. The highest BCUT2D eigenvalue weighted by molar-refractivity contribution is 6.01. The number of halogens is 1. The number of methoxy groups -OCH3 is 1. The van der Waals surface area contributed by atoms with Crippen LogP contribution < -0.4 is 15.8 Å². The first kappa shape index (κ1) is 27.5. The van der Waals surface area contributed by atoms with Gasteiger partial charge in [-0.2, -0.15) is 0 Å². The Bertz CT molecular complexity index is 2130. The van der Waals surface area contributed by atoms with E-state index in [1.807, 2.05) is 46.8 Å². The molecule has 3 N–H and O–H groups in total. The third-order valence-corrected chi connectivity index (χ3v) is 10.5. The first-order valence-electron chi connectivity index (χ1n) is 16.0. The van der Waals surface area contributed by atoms with Crippen LogP contribution in [0.3, 0.4) is 0 Å². The van der Waals surface area contributed by atoms with Crippen molar-refractivity contribution in [1.29, 1.82) is 0 Å². The molecule has 2 bridgehead atoms. The monoisotopic (exact) mass is 619 g/mol. The van der Waals surface area contributed by atoms with Crippen molar-refractivity contribution in [3.8, 4) is 28.5 Å². The Balaban J connectivity index is 1.15. The molecule has 5 heterocycles. The number of anilines is 1. The Labute approximate surface area is 264 Å². The fourth-order valence-corrected chi connectivity index (χ4v) is 7.93. The van der Waals surface area contributed by atoms with Crippen LogP contribution >= 0.6 is 0 Å². The lowest BCUT2D eigenvalue weighted by molar-refractivity contribution is -0.115. The fraction of sp³-hybridized carbons (Fsp3) is 0.371. The van der Waals surface area contributed by atoms with Gasteiger partial charge in [-0.05, 0) is 85.5 Å². The van der Waals surface area contributed by atoms with E-state index in [-0.39, 0.29) is 36.0 Å². The number of carbonyl (C=O) groups is 2. The molecule has 3 aromatic heterocycles. The lowest BCUT2D eigenvalue weighted by atomic mass is 10.0. The molecule has 2 saturated carbocycles. The summed E-state index contributed by atoms with van der Waals surface area (Å²) in [5.74, 6) is 1.55. The van der Waals surface area contributed by atoms with Crippen molar-refractivity contribution in [2.24, 2.45) is 24.6 Å². The molecule has 2 aliphatic carbocycles. The van der Waals surface area contributed by atoms with Gasteiger partial charge in [-0.15, -0.1) is 0 Å². The average Bonchev–Trinajstić information content (AvgIpc) is 3.27. The number of nitrogens with one attached hydrogen (secondary N) is 1. The number of ether oxygens (including phenoxy) is 1. The van der Waals surface area contributed by atoms with E-state index >= 15 is 0 Å². The summed E-state index contributed by atoms with van der Waals surface area (Å²) >= 11 is 0. The van der Waals surface area contributed by atoms with Gasteiger partial charge in [0.15, 0.2) is 5.82 Å². The molecular formula is C35H34FN7O3. The summed E-state index contributed by atoms with van der Waals surface area (Å²) in [6.07, 6.45) is 4.49. The molecule has 0 unspecified atom stereocenters. The lowest BCUT2D eigenvalue weighted by Gasteiger charge is -2.27. The van der Waals surface area contributed by atoms with Crippen LogP contribution in [0, 0.1) is 17.7 Å². The number of nitrogens with two attached hydrogens (primary N) is 1. The van der Waals surface area contributed by atoms with Crippen molar-refractivity contribution in [2.45, 2.75) is 50.7 Å². The van der Waals surface area contributed by atoms with Gasteiger partial charge in [0.1, 0.15) is 22.7 Å². The highest BCUT2D eigenvalue weighted by Crippen LogP contribution is 2.41. The number of carbonyl (C=O) groups excluding carboxylic acids is 2. The van der Waals surface area contributed by atoms with Crippen LogP contribution in [0.25, 0.3) is 44.8 Å². The molecule has 234 valence electrons. The van der Waals surface area contributed by atoms with Crippen molar-refractivity contribution < 1.29 is 18.7 Å². The number of imidazole rings is 1. The van der Waals surface area contributed by atoms with Crippen LogP contribution in [-0.4, -0.2) is 61.6 Å². The summed E-state index contributed by atoms with van der Waals surface area (Å²) in [6, 6.07) is 13.1. The third kappa shape index (κ3) is 4.10. The number of aromatic nitrogens is 4. The maximum Gasteiger partial charge on any atom is 0.254 e. The van der Waals surface area contributed by atoms with E-state index < -0.39 is 5.82 Å². The van der Waals surface area contributed by atoms with Crippen LogP contribution in [0.15, 0.2) is 42.5 Å². The van der Waals surface area contributed by atoms with Crippen LogP contribution in [0.1, 0.15) is 41.6 Å². The summed E-state index contributed by atoms with van der Waals surface area (Å²) in [4.78, 5) is 37.7. The summed E-state index contributed by atoms with van der Waals surface area (Å²) in [6.45, 7) is 1.48. The number of hydrogen-bond donors (Lipinski definition) is 2. The predicted molar refractivity (Wildman–Crippen MR) is 172 cm³/mol. The molecule has 5 aromatic rings. The number of nitrogens with zero attached hydrogens (tertiary/aromatic N) is 5. The van der Waals surface area contributed by atoms with Gasteiger partial charge in [0.25, 0.3) is 5.91 Å². The van der Waals surface area contributed by atoms with E-state index in [4.69, 9.17) is 20.4 Å². The second-order valence-corrected chi connectivity index (χ2v) is 13.4. The van der Waals surface area contributed by atoms with Crippen molar-refractivity contribution in [3.05, 3.63) is 59.4 Å². The molecule has 3 fully saturated rings. The zero-order chi connectivity index (χ0) is 31.4. The summed E-state index contributed by atoms with van der Waals surface area (Å²) in [5.41, 5.74) is 12.3. The van der Waals surface area contributed by atoms with Crippen LogP contribution in [0.4, 0.5) is 10.1 Å². The maximum atomic E-state index is 14.9. The number of fused-ring (bicyclic) bond motifs is 5. The van der Waals surface area contributed by atoms with Gasteiger partial charge in [-0.25, -0.2) is 14.4 Å². The number of benzene rings is 2. The summed E-state index contributed by atoms with van der Waals surface area (Å²) in [5, 5.41) is 3.56. The van der Waals surface area contributed by atoms with Crippen LogP contribution in [0.5, 0.6) is 5.75 Å². The first-order chi connectivity index (χ1) is 22.3. The van der Waals surface area contributed by atoms with E-state index in [1.165, 1.54) is 6.07 Å². The molecule has 3 atom stereocenters. The Morgan fingerprint density at radius 3 is 2.70 bits per heavy atom. The highest BCUT2D eigenvalue weighted by Gasteiger charge is 2.47. The minimum atomic E-state index is -0.458. The van der Waals surface area contributed by atoms with Gasteiger partial charge >= 0.3 is 0 Å². The largest absolute Gasteiger partial charge is 0.494 e. The molecule has 9 rings (SSSR count). The Kier molecular flexibility index (Phi) is 5.90. The average molecular weight is 620 g/mol.